The summed E-state index contributed by atoms with van der Waals surface area (Å²) in [6.45, 7) is 6.91. The molecular weight excluding hydrogens is 386 g/mol. The minimum absolute atomic E-state index is 0.125. The summed E-state index contributed by atoms with van der Waals surface area (Å²) < 4.78 is 0. The molecule has 3 aliphatic heterocycles. The maximum absolute atomic E-state index is 11.8. The van der Waals surface area contributed by atoms with E-state index in [1.165, 1.54) is 32.1 Å². The number of likely N-dealkylation sites (tertiary alicyclic amines) is 2. The molecule has 1 aromatic heterocycles. The van der Waals surface area contributed by atoms with Crippen molar-refractivity contribution in [2.24, 2.45) is 0 Å². The highest BCUT2D eigenvalue weighted by Crippen LogP contribution is 2.37. The van der Waals surface area contributed by atoms with Crippen LogP contribution in [0, 0.1) is 0 Å². The normalized spacial score (nSPS) is 28.2. The van der Waals surface area contributed by atoms with Crippen LogP contribution in [0.2, 0.25) is 0 Å². The number of anilines is 1. The van der Waals surface area contributed by atoms with Crippen molar-refractivity contribution < 1.29 is 5.11 Å². The van der Waals surface area contributed by atoms with Crippen LogP contribution in [0.4, 0.5) is 5.95 Å². The lowest BCUT2D eigenvalue weighted by Crippen LogP contribution is -2.60. The van der Waals surface area contributed by atoms with Crippen LogP contribution in [-0.4, -0.2) is 70.2 Å². The lowest BCUT2D eigenvalue weighted by atomic mass is 9.79. The molecule has 3 saturated heterocycles. The van der Waals surface area contributed by atoms with E-state index in [2.05, 4.69) is 36.8 Å². The molecule has 2 atom stereocenters. The molecule has 3 fully saturated rings. The molecule has 31 heavy (non-hydrogen) atoms. The molecule has 6 nitrogen and oxygen atoms in total. The Morgan fingerprint density at radius 3 is 2.26 bits per heavy atom. The van der Waals surface area contributed by atoms with Crippen LogP contribution >= 0.6 is 0 Å². The highest BCUT2D eigenvalue weighted by Gasteiger charge is 2.46. The highest BCUT2D eigenvalue weighted by molar-refractivity contribution is 5.30. The van der Waals surface area contributed by atoms with E-state index >= 15 is 0 Å². The maximum atomic E-state index is 11.8. The van der Waals surface area contributed by atoms with Crippen molar-refractivity contribution in [3.8, 4) is 0 Å². The third-order valence-corrected chi connectivity index (χ3v) is 7.38. The van der Waals surface area contributed by atoms with Crippen molar-refractivity contribution in [3.63, 3.8) is 0 Å². The zero-order valence-electron chi connectivity index (χ0n) is 18.5. The molecule has 3 aliphatic rings. The summed E-state index contributed by atoms with van der Waals surface area (Å²) >= 11 is 0. The molecule has 6 heteroatoms. The molecule has 0 spiro atoms. The first-order valence-corrected chi connectivity index (χ1v) is 12.0. The Morgan fingerprint density at radius 1 is 0.871 bits per heavy atom. The molecule has 166 valence electrons. The largest absolute Gasteiger partial charge is 0.383 e. The predicted molar refractivity (Wildman–Crippen MR) is 123 cm³/mol. The Kier molecular flexibility index (Phi) is 6.21. The van der Waals surface area contributed by atoms with Gasteiger partial charge >= 0.3 is 0 Å². The van der Waals surface area contributed by atoms with Gasteiger partial charge in [-0.3, -0.25) is 9.80 Å². The number of nitrogens with zero attached hydrogens (tertiary/aromatic N) is 5. The van der Waals surface area contributed by atoms with Crippen LogP contribution in [-0.2, 0) is 12.1 Å². The van der Waals surface area contributed by atoms with Crippen molar-refractivity contribution in [2.75, 3.05) is 44.2 Å². The number of aromatic nitrogens is 2. The van der Waals surface area contributed by atoms with Gasteiger partial charge in [0.25, 0.3) is 0 Å². The molecule has 1 N–H and O–H groups in total. The summed E-state index contributed by atoms with van der Waals surface area (Å²) in [7, 11) is 0. The van der Waals surface area contributed by atoms with Crippen LogP contribution in [0.15, 0.2) is 42.7 Å². The maximum Gasteiger partial charge on any atom is 0.225 e. The van der Waals surface area contributed by atoms with E-state index in [-0.39, 0.29) is 6.04 Å². The van der Waals surface area contributed by atoms with Crippen LogP contribution in [0.5, 0.6) is 0 Å². The second kappa shape index (κ2) is 9.23. The van der Waals surface area contributed by atoms with Gasteiger partial charge in [-0.25, -0.2) is 9.97 Å². The van der Waals surface area contributed by atoms with Crippen molar-refractivity contribution in [1.82, 2.24) is 19.8 Å². The summed E-state index contributed by atoms with van der Waals surface area (Å²) in [4.78, 5) is 16.6. The SMILES string of the molecule is O[C@]1(c2ccccc2)CCN(Cc2cnc(N3CCCCC3)nc2)C[C@H]1N1CCCC1. The van der Waals surface area contributed by atoms with Gasteiger partial charge in [0, 0.05) is 50.7 Å². The standard InChI is InChI=1S/C25H35N5O/c31-25(22-9-3-1-4-10-22)11-16-28(20-23(25)29-12-7-8-13-29)19-21-17-26-24(27-18-21)30-14-5-2-6-15-30/h1,3-4,9-10,17-18,23,31H,2,5-8,11-16,19-20H2/t23-,25+/m1/s1. The van der Waals surface area contributed by atoms with Crippen molar-refractivity contribution in [3.05, 3.63) is 53.9 Å². The van der Waals surface area contributed by atoms with Gasteiger partial charge in [-0.15, -0.1) is 0 Å². The first-order chi connectivity index (χ1) is 15.2. The summed E-state index contributed by atoms with van der Waals surface area (Å²) in [5.41, 5.74) is 1.43. The summed E-state index contributed by atoms with van der Waals surface area (Å²) in [5, 5.41) is 11.8. The molecule has 0 bridgehead atoms. The fourth-order valence-electron chi connectivity index (χ4n) is 5.60. The first-order valence-electron chi connectivity index (χ1n) is 12.0. The molecule has 0 radical (unpaired) electrons. The van der Waals surface area contributed by atoms with E-state index in [4.69, 9.17) is 0 Å². The molecule has 0 amide bonds. The summed E-state index contributed by atoms with van der Waals surface area (Å²) in [6.07, 6.45) is 11.0. The Balaban J connectivity index is 1.29. The van der Waals surface area contributed by atoms with E-state index in [0.717, 1.165) is 69.3 Å². The Labute approximate surface area is 185 Å². The predicted octanol–water partition coefficient (Wildman–Crippen LogP) is 3.02. The van der Waals surface area contributed by atoms with Gasteiger partial charge in [0.05, 0.1) is 6.04 Å². The zero-order valence-corrected chi connectivity index (χ0v) is 18.5. The average Bonchev–Trinajstić information content (AvgIpc) is 3.37. The number of hydrogen-bond donors (Lipinski definition) is 1. The molecule has 0 aliphatic carbocycles. The molecule has 1 aromatic carbocycles. The monoisotopic (exact) mass is 421 g/mol. The quantitative estimate of drug-likeness (QED) is 0.801. The molecule has 0 saturated carbocycles. The minimum Gasteiger partial charge on any atom is -0.383 e. The van der Waals surface area contributed by atoms with E-state index in [0.29, 0.717) is 0 Å². The van der Waals surface area contributed by atoms with Crippen molar-refractivity contribution in [1.29, 1.82) is 0 Å². The molecule has 2 aromatic rings. The van der Waals surface area contributed by atoms with E-state index in [9.17, 15) is 5.11 Å². The fourth-order valence-corrected chi connectivity index (χ4v) is 5.60. The number of benzene rings is 1. The molecular formula is C25H35N5O. The smallest absolute Gasteiger partial charge is 0.225 e. The van der Waals surface area contributed by atoms with Crippen LogP contribution in [0.25, 0.3) is 0 Å². The van der Waals surface area contributed by atoms with Gasteiger partial charge in [-0.2, -0.15) is 0 Å². The molecule has 0 unspecified atom stereocenters. The number of piperidine rings is 2. The summed E-state index contributed by atoms with van der Waals surface area (Å²) in [6, 6.07) is 10.4. The second-order valence-electron chi connectivity index (χ2n) is 9.47. The van der Waals surface area contributed by atoms with Crippen molar-refractivity contribution >= 4 is 5.95 Å². The topological polar surface area (TPSA) is 55.7 Å². The summed E-state index contributed by atoms with van der Waals surface area (Å²) in [5.74, 6) is 0.871. The minimum atomic E-state index is -0.781. The Bertz CT molecular complexity index is 833. The lowest BCUT2D eigenvalue weighted by Gasteiger charge is -2.48. The van der Waals surface area contributed by atoms with Crippen LogP contribution < -0.4 is 4.90 Å². The van der Waals surface area contributed by atoms with Gasteiger partial charge < -0.3 is 10.0 Å². The van der Waals surface area contributed by atoms with E-state index in [1.54, 1.807) is 0 Å². The van der Waals surface area contributed by atoms with Gasteiger partial charge in [0.15, 0.2) is 0 Å². The van der Waals surface area contributed by atoms with Gasteiger partial charge in [0.2, 0.25) is 5.95 Å². The van der Waals surface area contributed by atoms with Gasteiger partial charge in [-0.05, 0) is 57.2 Å². The first kappa shape index (κ1) is 20.9. The number of aliphatic hydroxyl groups is 1. The number of rotatable bonds is 5. The third kappa shape index (κ3) is 4.47. The van der Waals surface area contributed by atoms with Gasteiger partial charge in [0.1, 0.15) is 5.60 Å². The van der Waals surface area contributed by atoms with Crippen LogP contribution in [0.3, 0.4) is 0 Å². The van der Waals surface area contributed by atoms with E-state index in [1.807, 2.05) is 30.6 Å². The average molecular weight is 422 g/mol. The van der Waals surface area contributed by atoms with Crippen molar-refractivity contribution in [2.45, 2.75) is 56.7 Å². The zero-order chi connectivity index (χ0) is 21.1. The Morgan fingerprint density at radius 2 is 1.55 bits per heavy atom. The molecule has 5 rings (SSSR count). The fraction of sp³-hybridized carbons (Fsp3) is 0.600. The van der Waals surface area contributed by atoms with E-state index < -0.39 is 5.60 Å². The third-order valence-electron chi connectivity index (χ3n) is 7.38. The van der Waals surface area contributed by atoms with Crippen LogP contribution in [0.1, 0.15) is 49.7 Å². The lowest BCUT2D eigenvalue weighted by molar-refractivity contribution is -0.0959. The second-order valence-corrected chi connectivity index (χ2v) is 9.47. The highest BCUT2D eigenvalue weighted by atomic mass is 16.3. The van der Waals surface area contributed by atoms with Gasteiger partial charge in [-0.1, -0.05) is 30.3 Å². The molecule has 4 heterocycles. The number of hydrogen-bond acceptors (Lipinski definition) is 6. The Hall–Kier alpha value is -2.02.